The zero-order valence-corrected chi connectivity index (χ0v) is 16.5. The first-order chi connectivity index (χ1) is 12.3. The Kier molecular flexibility index (Phi) is 5.73. The minimum atomic E-state index is -4.66. The van der Waals surface area contributed by atoms with E-state index in [1.165, 1.54) is 0 Å². The topological polar surface area (TPSA) is 46.2 Å². The van der Waals surface area contributed by atoms with Gasteiger partial charge < -0.3 is 0 Å². The van der Waals surface area contributed by atoms with E-state index in [-0.39, 0.29) is 10.5 Å². The lowest BCUT2D eigenvalue weighted by Gasteiger charge is -2.19. The average molecular weight is 403 g/mol. The second kappa shape index (κ2) is 7.24. The Labute approximate surface area is 156 Å². The molecule has 1 N–H and O–H groups in total. The molecule has 0 aromatic heterocycles. The number of halogens is 4. The van der Waals surface area contributed by atoms with Crippen LogP contribution in [0.1, 0.15) is 38.9 Å². The lowest BCUT2D eigenvalue weighted by molar-refractivity contribution is -0.137. The summed E-state index contributed by atoms with van der Waals surface area (Å²) >= 11 is 0. The van der Waals surface area contributed by atoms with Gasteiger partial charge in [-0.25, -0.2) is 17.5 Å². The van der Waals surface area contributed by atoms with Gasteiger partial charge in [0.2, 0.25) is 10.0 Å². The fourth-order valence-electron chi connectivity index (χ4n) is 2.98. The van der Waals surface area contributed by atoms with Gasteiger partial charge >= 0.3 is 6.18 Å². The number of hydrogen-bond donors (Lipinski definition) is 1. The third-order valence-electron chi connectivity index (χ3n) is 5.03. The van der Waals surface area contributed by atoms with Crippen molar-refractivity contribution in [3.8, 4) is 0 Å². The van der Waals surface area contributed by atoms with E-state index in [1.807, 2.05) is 20.8 Å². The summed E-state index contributed by atoms with van der Waals surface area (Å²) in [4.78, 5) is 0.121. The number of hydrogen-bond acceptors (Lipinski definition) is 2. The highest BCUT2D eigenvalue weighted by atomic mass is 32.2. The Morgan fingerprint density at radius 3 is 1.81 bits per heavy atom. The Hall–Kier alpha value is -1.93. The predicted octanol–water partition coefficient (Wildman–Crippen LogP) is 4.87. The summed E-state index contributed by atoms with van der Waals surface area (Å²) in [6, 6.07) is 2.02. The lowest BCUT2D eigenvalue weighted by Crippen LogP contribution is -2.26. The summed E-state index contributed by atoms with van der Waals surface area (Å²) < 4.78 is 79.7. The molecule has 8 heteroatoms. The predicted molar refractivity (Wildman–Crippen MR) is 95.6 cm³/mol. The Bertz CT molecular complexity index is 967. The van der Waals surface area contributed by atoms with Crippen LogP contribution in [0.4, 0.5) is 17.6 Å². The van der Waals surface area contributed by atoms with Crippen LogP contribution in [0.3, 0.4) is 0 Å². The first kappa shape index (κ1) is 21.4. The maximum absolute atomic E-state index is 14.0. The van der Waals surface area contributed by atoms with Crippen LogP contribution in [-0.2, 0) is 22.7 Å². The van der Waals surface area contributed by atoms with Crippen LogP contribution in [0.25, 0.3) is 0 Å². The van der Waals surface area contributed by atoms with Crippen molar-refractivity contribution >= 4 is 10.0 Å². The third-order valence-corrected chi connectivity index (χ3v) is 6.71. The normalized spacial score (nSPS) is 12.5. The van der Waals surface area contributed by atoms with Gasteiger partial charge in [-0.3, -0.25) is 0 Å². The van der Waals surface area contributed by atoms with Crippen LogP contribution in [0, 0.1) is 40.4 Å². The van der Waals surface area contributed by atoms with Crippen molar-refractivity contribution in [2.45, 2.75) is 52.2 Å². The summed E-state index contributed by atoms with van der Waals surface area (Å²) in [6.45, 7) is 8.50. The second-order valence-corrected chi connectivity index (χ2v) is 8.29. The van der Waals surface area contributed by atoms with Gasteiger partial charge in [0.15, 0.2) is 0 Å². The fourth-order valence-corrected chi connectivity index (χ4v) is 4.58. The molecule has 0 aliphatic heterocycles. The first-order valence-electron chi connectivity index (χ1n) is 8.19. The highest BCUT2D eigenvalue weighted by molar-refractivity contribution is 7.89. The van der Waals surface area contributed by atoms with E-state index in [4.69, 9.17) is 0 Å². The smallest absolute Gasteiger partial charge is 0.207 e. The van der Waals surface area contributed by atoms with Crippen LogP contribution in [0.2, 0.25) is 0 Å². The SMILES string of the molecule is Cc1c(C)c(C)c(S(=O)(=O)NCc2ccc(C(F)(F)F)cc2F)c(C)c1C. The quantitative estimate of drug-likeness (QED) is 0.741. The minimum Gasteiger partial charge on any atom is -0.207 e. The monoisotopic (exact) mass is 403 g/mol. The molecule has 148 valence electrons. The zero-order chi connectivity index (χ0) is 20.7. The van der Waals surface area contributed by atoms with Crippen molar-refractivity contribution in [2.75, 3.05) is 0 Å². The standard InChI is InChI=1S/C19H21F4NO2S/c1-10-11(2)13(4)18(14(5)12(10)3)27(25,26)24-9-15-6-7-16(8-17(15)20)19(21,22)23/h6-8,24H,9H2,1-5H3. The molecule has 0 aliphatic carbocycles. The molecule has 0 saturated carbocycles. The summed E-state index contributed by atoms with van der Waals surface area (Å²) in [5.41, 5.74) is 2.59. The molecule has 0 atom stereocenters. The third kappa shape index (κ3) is 4.16. The minimum absolute atomic E-state index is 0.121. The second-order valence-electron chi connectivity index (χ2n) is 6.58. The van der Waals surface area contributed by atoms with E-state index in [0.29, 0.717) is 17.2 Å². The summed E-state index contributed by atoms with van der Waals surface area (Å²) in [5.74, 6) is -1.11. The van der Waals surface area contributed by atoms with Gasteiger partial charge in [-0.1, -0.05) is 6.07 Å². The van der Waals surface area contributed by atoms with Gasteiger partial charge in [-0.2, -0.15) is 13.2 Å². The fraction of sp³-hybridized carbons (Fsp3) is 0.368. The van der Waals surface area contributed by atoms with E-state index < -0.39 is 34.1 Å². The molecule has 2 aromatic rings. The van der Waals surface area contributed by atoms with Gasteiger partial charge in [0.1, 0.15) is 5.82 Å². The molecule has 0 unspecified atom stereocenters. The molecule has 0 bridgehead atoms. The van der Waals surface area contributed by atoms with Crippen molar-refractivity contribution in [3.63, 3.8) is 0 Å². The maximum atomic E-state index is 14.0. The molecule has 0 amide bonds. The van der Waals surface area contributed by atoms with Gasteiger partial charge in [-0.05, 0) is 74.6 Å². The number of benzene rings is 2. The van der Waals surface area contributed by atoms with Gasteiger partial charge in [-0.15, -0.1) is 0 Å². The van der Waals surface area contributed by atoms with Gasteiger partial charge in [0, 0.05) is 12.1 Å². The number of sulfonamides is 1. The number of alkyl halides is 3. The van der Waals surface area contributed by atoms with E-state index >= 15 is 0 Å². The molecule has 27 heavy (non-hydrogen) atoms. The molecule has 3 nitrogen and oxygen atoms in total. The van der Waals surface area contributed by atoms with Crippen molar-refractivity contribution in [1.29, 1.82) is 0 Å². The highest BCUT2D eigenvalue weighted by Gasteiger charge is 2.31. The molecule has 2 rings (SSSR count). The van der Waals surface area contributed by atoms with Gasteiger partial charge in [0.05, 0.1) is 10.5 Å². The highest BCUT2D eigenvalue weighted by Crippen LogP contribution is 2.31. The van der Waals surface area contributed by atoms with E-state index in [1.54, 1.807) is 13.8 Å². The van der Waals surface area contributed by atoms with Crippen LogP contribution >= 0.6 is 0 Å². The van der Waals surface area contributed by atoms with Crippen molar-refractivity contribution < 1.29 is 26.0 Å². The lowest BCUT2D eigenvalue weighted by atomic mass is 9.95. The van der Waals surface area contributed by atoms with E-state index in [0.717, 1.165) is 28.8 Å². The van der Waals surface area contributed by atoms with Crippen LogP contribution in [0.15, 0.2) is 23.1 Å². The molecule has 0 spiro atoms. The molecule has 0 fully saturated rings. The summed E-state index contributed by atoms with van der Waals surface area (Å²) in [6.07, 6.45) is -4.66. The molecule has 0 heterocycles. The van der Waals surface area contributed by atoms with E-state index in [2.05, 4.69) is 4.72 Å². The largest absolute Gasteiger partial charge is 0.416 e. The van der Waals surface area contributed by atoms with Crippen molar-refractivity contribution in [1.82, 2.24) is 4.72 Å². The maximum Gasteiger partial charge on any atom is 0.416 e. The van der Waals surface area contributed by atoms with E-state index in [9.17, 15) is 26.0 Å². The Balaban J connectivity index is 2.37. The van der Waals surface area contributed by atoms with Crippen molar-refractivity contribution in [2.24, 2.45) is 0 Å². The van der Waals surface area contributed by atoms with Crippen LogP contribution in [-0.4, -0.2) is 8.42 Å². The number of nitrogens with one attached hydrogen (secondary N) is 1. The zero-order valence-electron chi connectivity index (χ0n) is 15.7. The summed E-state index contributed by atoms with van der Waals surface area (Å²) in [7, 11) is -3.98. The van der Waals surface area contributed by atoms with Crippen molar-refractivity contribution in [3.05, 3.63) is 63.0 Å². The molecule has 2 aromatic carbocycles. The molecular formula is C19H21F4NO2S. The van der Waals surface area contributed by atoms with Gasteiger partial charge in [0.25, 0.3) is 0 Å². The Morgan fingerprint density at radius 1 is 0.889 bits per heavy atom. The van der Waals surface area contributed by atoms with Crippen LogP contribution < -0.4 is 4.72 Å². The summed E-state index contributed by atoms with van der Waals surface area (Å²) in [5, 5.41) is 0. The molecule has 0 saturated heterocycles. The first-order valence-corrected chi connectivity index (χ1v) is 9.68. The molecular weight excluding hydrogens is 382 g/mol. The molecule has 0 aliphatic rings. The Morgan fingerprint density at radius 2 is 1.37 bits per heavy atom. The molecule has 0 radical (unpaired) electrons. The number of rotatable bonds is 4. The average Bonchev–Trinajstić information content (AvgIpc) is 2.56. The van der Waals surface area contributed by atoms with Crippen LogP contribution in [0.5, 0.6) is 0 Å².